The van der Waals surface area contributed by atoms with Crippen molar-refractivity contribution in [3.8, 4) is 11.4 Å². The first-order valence-corrected chi connectivity index (χ1v) is 8.42. The summed E-state index contributed by atoms with van der Waals surface area (Å²) in [4.78, 5) is 13.8. The Morgan fingerprint density at radius 1 is 1.26 bits per heavy atom. The molecule has 2 aromatic carbocycles. The molecule has 1 amide bonds. The second kappa shape index (κ2) is 8.31. The quantitative estimate of drug-likeness (QED) is 0.626. The highest BCUT2D eigenvalue weighted by molar-refractivity contribution is 5.91. The lowest BCUT2D eigenvalue weighted by atomic mass is 10.2. The summed E-state index contributed by atoms with van der Waals surface area (Å²) in [5, 5.41) is 4.29. The standard InChI is InChI=1S/C21H20FN3O2/c1-24(14-16-8-10-20(27-2)19(22)12-16)21(26)11-9-17-13-23-25(15-17)18-6-4-3-5-7-18/h3-13,15H,14H2,1-2H3/b11-9+. The first-order valence-electron chi connectivity index (χ1n) is 8.42. The number of benzene rings is 2. The van der Waals surface area contributed by atoms with E-state index in [9.17, 15) is 9.18 Å². The van der Waals surface area contributed by atoms with E-state index in [1.807, 2.05) is 36.5 Å². The Bertz CT molecular complexity index is 951. The van der Waals surface area contributed by atoms with Gasteiger partial charge in [-0.2, -0.15) is 5.10 Å². The molecule has 0 bridgehead atoms. The molecule has 3 rings (SSSR count). The van der Waals surface area contributed by atoms with Crippen LogP contribution in [-0.2, 0) is 11.3 Å². The van der Waals surface area contributed by atoms with Gasteiger partial charge in [-0.3, -0.25) is 4.79 Å². The number of halogens is 1. The van der Waals surface area contributed by atoms with E-state index in [0.717, 1.165) is 11.3 Å². The van der Waals surface area contributed by atoms with Crippen LogP contribution in [0.15, 0.2) is 67.0 Å². The predicted molar refractivity (Wildman–Crippen MR) is 102 cm³/mol. The molecule has 0 unspecified atom stereocenters. The number of likely N-dealkylation sites (N-methyl/N-ethyl adjacent to an activating group) is 1. The van der Waals surface area contributed by atoms with Crippen molar-refractivity contribution >= 4 is 12.0 Å². The van der Waals surface area contributed by atoms with Gasteiger partial charge in [0.15, 0.2) is 11.6 Å². The fourth-order valence-electron chi connectivity index (χ4n) is 2.60. The largest absolute Gasteiger partial charge is 0.494 e. The minimum atomic E-state index is -0.445. The number of carbonyl (C=O) groups is 1. The number of hydrogen-bond acceptors (Lipinski definition) is 3. The molecule has 3 aromatic rings. The number of ether oxygens (including phenoxy) is 1. The van der Waals surface area contributed by atoms with Gasteiger partial charge in [0.1, 0.15) is 0 Å². The lowest BCUT2D eigenvalue weighted by Gasteiger charge is -2.15. The van der Waals surface area contributed by atoms with Gasteiger partial charge in [-0.25, -0.2) is 9.07 Å². The van der Waals surface area contributed by atoms with Crippen molar-refractivity contribution in [3.05, 3.63) is 83.9 Å². The Morgan fingerprint density at radius 3 is 2.74 bits per heavy atom. The lowest BCUT2D eigenvalue weighted by molar-refractivity contribution is -0.125. The number of para-hydroxylation sites is 1. The predicted octanol–water partition coefficient (Wildman–Crippen LogP) is 3.69. The minimum Gasteiger partial charge on any atom is -0.494 e. The van der Waals surface area contributed by atoms with E-state index in [-0.39, 0.29) is 11.7 Å². The van der Waals surface area contributed by atoms with Crippen LogP contribution >= 0.6 is 0 Å². The van der Waals surface area contributed by atoms with Crippen LogP contribution in [-0.4, -0.2) is 34.7 Å². The monoisotopic (exact) mass is 365 g/mol. The van der Waals surface area contributed by atoms with Crippen molar-refractivity contribution in [1.82, 2.24) is 14.7 Å². The third kappa shape index (κ3) is 4.61. The summed E-state index contributed by atoms with van der Waals surface area (Å²) >= 11 is 0. The number of rotatable bonds is 6. The van der Waals surface area contributed by atoms with Crippen LogP contribution < -0.4 is 4.74 Å². The average molecular weight is 365 g/mol. The molecule has 0 aliphatic heterocycles. The van der Waals surface area contributed by atoms with Crippen molar-refractivity contribution < 1.29 is 13.9 Å². The maximum absolute atomic E-state index is 13.8. The SMILES string of the molecule is COc1ccc(CN(C)C(=O)/C=C/c2cnn(-c3ccccc3)c2)cc1F. The third-order valence-electron chi connectivity index (χ3n) is 4.05. The summed E-state index contributed by atoms with van der Waals surface area (Å²) in [6.07, 6.45) is 6.72. The summed E-state index contributed by atoms with van der Waals surface area (Å²) in [5.74, 6) is -0.443. The molecule has 6 heteroatoms. The molecule has 0 saturated carbocycles. The number of amides is 1. The second-order valence-electron chi connectivity index (χ2n) is 6.05. The van der Waals surface area contributed by atoms with E-state index in [1.165, 1.54) is 24.2 Å². The van der Waals surface area contributed by atoms with Crippen LogP contribution in [0.2, 0.25) is 0 Å². The number of nitrogens with zero attached hydrogens (tertiary/aromatic N) is 3. The number of hydrogen-bond donors (Lipinski definition) is 0. The number of carbonyl (C=O) groups excluding carboxylic acids is 1. The van der Waals surface area contributed by atoms with E-state index in [0.29, 0.717) is 12.1 Å². The Balaban J connectivity index is 1.63. The topological polar surface area (TPSA) is 47.4 Å². The van der Waals surface area contributed by atoms with Crippen LogP contribution in [0.4, 0.5) is 4.39 Å². The third-order valence-corrected chi connectivity index (χ3v) is 4.05. The van der Waals surface area contributed by atoms with Crippen LogP contribution in [0.25, 0.3) is 11.8 Å². The van der Waals surface area contributed by atoms with Gasteiger partial charge in [-0.05, 0) is 35.9 Å². The summed E-state index contributed by atoms with van der Waals surface area (Å²) < 4.78 is 20.4. The van der Waals surface area contributed by atoms with Crippen LogP contribution in [0.1, 0.15) is 11.1 Å². The maximum Gasteiger partial charge on any atom is 0.246 e. The van der Waals surface area contributed by atoms with E-state index in [1.54, 1.807) is 36.1 Å². The van der Waals surface area contributed by atoms with Crippen molar-refractivity contribution in [2.45, 2.75) is 6.54 Å². The Labute approximate surface area is 157 Å². The summed E-state index contributed by atoms with van der Waals surface area (Å²) in [6.45, 7) is 0.299. The minimum absolute atomic E-state index is 0.182. The molecule has 27 heavy (non-hydrogen) atoms. The molecule has 1 heterocycles. The Hall–Kier alpha value is -3.41. The zero-order chi connectivity index (χ0) is 19.2. The normalized spacial score (nSPS) is 10.9. The van der Waals surface area contributed by atoms with Gasteiger partial charge in [0.2, 0.25) is 5.91 Å². The van der Waals surface area contributed by atoms with E-state index >= 15 is 0 Å². The van der Waals surface area contributed by atoms with Gasteiger partial charge in [-0.1, -0.05) is 24.3 Å². The maximum atomic E-state index is 13.8. The molecule has 0 N–H and O–H groups in total. The number of methoxy groups -OCH3 is 1. The molecule has 5 nitrogen and oxygen atoms in total. The van der Waals surface area contributed by atoms with E-state index in [2.05, 4.69) is 5.10 Å². The van der Waals surface area contributed by atoms with Crippen molar-refractivity contribution in [3.63, 3.8) is 0 Å². The Morgan fingerprint density at radius 2 is 2.04 bits per heavy atom. The van der Waals surface area contributed by atoms with Crippen molar-refractivity contribution in [2.75, 3.05) is 14.2 Å². The molecular formula is C21H20FN3O2. The fourth-order valence-corrected chi connectivity index (χ4v) is 2.60. The first-order chi connectivity index (χ1) is 13.1. The number of aromatic nitrogens is 2. The summed E-state index contributed by atoms with van der Waals surface area (Å²) in [7, 11) is 3.08. The fraction of sp³-hybridized carbons (Fsp3) is 0.143. The molecule has 0 fully saturated rings. The molecule has 1 aromatic heterocycles. The van der Waals surface area contributed by atoms with Crippen LogP contribution in [0.5, 0.6) is 5.75 Å². The lowest BCUT2D eigenvalue weighted by Crippen LogP contribution is -2.24. The summed E-state index contributed by atoms with van der Waals surface area (Å²) in [5.41, 5.74) is 2.45. The van der Waals surface area contributed by atoms with Crippen LogP contribution in [0, 0.1) is 5.82 Å². The highest BCUT2D eigenvalue weighted by atomic mass is 19.1. The van der Waals surface area contributed by atoms with Crippen LogP contribution in [0.3, 0.4) is 0 Å². The van der Waals surface area contributed by atoms with Gasteiger partial charge >= 0.3 is 0 Å². The highest BCUT2D eigenvalue weighted by Gasteiger charge is 2.09. The highest BCUT2D eigenvalue weighted by Crippen LogP contribution is 2.18. The van der Waals surface area contributed by atoms with Gasteiger partial charge in [0.05, 0.1) is 19.0 Å². The van der Waals surface area contributed by atoms with Crippen molar-refractivity contribution in [1.29, 1.82) is 0 Å². The molecule has 0 saturated heterocycles. The molecule has 138 valence electrons. The zero-order valence-electron chi connectivity index (χ0n) is 15.2. The molecular weight excluding hydrogens is 345 g/mol. The zero-order valence-corrected chi connectivity index (χ0v) is 15.2. The Kier molecular flexibility index (Phi) is 5.66. The van der Waals surface area contributed by atoms with Crippen molar-refractivity contribution in [2.24, 2.45) is 0 Å². The molecule has 0 atom stereocenters. The average Bonchev–Trinajstić information content (AvgIpc) is 3.16. The molecule has 0 aliphatic rings. The smallest absolute Gasteiger partial charge is 0.246 e. The van der Waals surface area contributed by atoms with Gasteiger partial charge in [0.25, 0.3) is 0 Å². The van der Waals surface area contributed by atoms with E-state index < -0.39 is 5.82 Å². The van der Waals surface area contributed by atoms with E-state index in [4.69, 9.17) is 4.74 Å². The van der Waals surface area contributed by atoms with Gasteiger partial charge in [0, 0.05) is 31.4 Å². The summed E-state index contributed by atoms with van der Waals surface area (Å²) in [6, 6.07) is 14.4. The molecule has 0 aliphatic carbocycles. The van der Waals surface area contributed by atoms with Gasteiger partial charge in [-0.15, -0.1) is 0 Å². The van der Waals surface area contributed by atoms with Gasteiger partial charge < -0.3 is 9.64 Å². The molecule has 0 radical (unpaired) electrons. The molecule has 0 spiro atoms. The first kappa shape index (κ1) is 18.4. The second-order valence-corrected chi connectivity index (χ2v) is 6.05.